The van der Waals surface area contributed by atoms with E-state index in [9.17, 15) is 14.9 Å². The topological polar surface area (TPSA) is 80.4 Å². The van der Waals surface area contributed by atoms with Crippen molar-refractivity contribution in [3.63, 3.8) is 0 Å². The number of hydrogen-bond donors (Lipinski definition) is 1. The summed E-state index contributed by atoms with van der Waals surface area (Å²) in [5.41, 5.74) is -0.0580. The van der Waals surface area contributed by atoms with E-state index in [1.807, 2.05) is 0 Å². The minimum Gasteiger partial charge on any atom is -0.364 e. The van der Waals surface area contributed by atoms with Gasteiger partial charge in [-0.15, -0.1) is 0 Å². The van der Waals surface area contributed by atoms with Crippen molar-refractivity contribution in [2.45, 2.75) is 45.7 Å². The van der Waals surface area contributed by atoms with Crippen molar-refractivity contribution < 1.29 is 4.92 Å². The predicted molar refractivity (Wildman–Crippen MR) is 93.2 cm³/mol. The van der Waals surface area contributed by atoms with Gasteiger partial charge >= 0.3 is 5.69 Å². The first-order chi connectivity index (χ1) is 11.3. The summed E-state index contributed by atoms with van der Waals surface area (Å²) < 4.78 is 1.57. The second kappa shape index (κ2) is 6.20. The largest absolute Gasteiger partial charge is 0.364 e. The van der Waals surface area contributed by atoms with E-state index < -0.39 is 4.92 Å². The fraction of sp³-hybridized carbons (Fsp3) is 0.647. The van der Waals surface area contributed by atoms with Gasteiger partial charge in [-0.2, -0.15) is 0 Å². The molecule has 3 rings (SSSR count). The van der Waals surface area contributed by atoms with Gasteiger partial charge in [0.25, 0.3) is 5.56 Å². The van der Waals surface area contributed by atoms with Crippen LogP contribution in [0.15, 0.2) is 16.9 Å². The van der Waals surface area contributed by atoms with Crippen molar-refractivity contribution in [2.24, 2.45) is 5.41 Å². The molecule has 0 spiro atoms. The van der Waals surface area contributed by atoms with Crippen LogP contribution in [0.3, 0.4) is 0 Å². The van der Waals surface area contributed by atoms with Crippen molar-refractivity contribution in [2.75, 3.05) is 25.0 Å². The molecular weight excluding hydrogens is 308 g/mol. The summed E-state index contributed by atoms with van der Waals surface area (Å²) in [5, 5.41) is 14.3. The minimum atomic E-state index is -0.436. The van der Waals surface area contributed by atoms with Crippen LogP contribution in [0.1, 0.15) is 39.7 Å². The number of rotatable bonds is 3. The van der Waals surface area contributed by atoms with Gasteiger partial charge < -0.3 is 5.32 Å². The molecule has 1 saturated heterocycles. The number of nitrogens with zero attached hydrogens (tertiary/aromatic N) is 3. The maximum atomic E-state index is 12.3. The number of nitro groups is 1. The molecule has 1 fully saturated rings. The summed E-state index contributed by atoms with van der Waals surface area (Å²) >= 11 is 0. The summed E-state index contributed by atoms with van der Waals surface area (Å²) in [6.07, 6.45) is 4.42. The Hall–Kier alpha value is -1.89. The predicted octanol–water partition coefficient (Wildman–Crippen LogP) is 2.44. The number of nitrogens with one attached hydrogen (secondary N) is 1. The maximum Gasteiger partial charge on any atom is 0.309 e. The highest BCUT2D eigenvalue weighted by Gasteiger charge is 2.36. The number of hydrogen-bond acceptors (Lipinski definition) is 5. The Labute approximate surface area is 141 Å². The molecule has 0 bridgehead atoms. The Balaban J connectivity index is 1.88. The van der Waals surface area contributed by atoms with Crippen LogP contribution in [0.4, 0.5) is 11.5 Å². The van der Waals surface area contributed by atoms with E-state index in [1.54, 1.807) is 4.57 Å². The van der Waals surface area contributed by atoms with Gasteiger partial charge in [-0.25, -0.2) is 0 Å². The van der Waals surface area contributed by atoms with E-state index in [-0.39, 0.29) is 22.7 Å². The van der Waals surface area contributed by atoms with Crippen LogP contribution in [0.25, 0.3) is 0 Å². The van der Waals surface area contributed by atoms with Crippen LogP contribution in [0, 0.1) is 22.0 Å². The van der Waals surface area contributed by atoms with E-state index in [4.69, 9.17) is 0 Å². The van der Waals surface area contributed by atoms with Gasteiger partial charge in [0.1, 0.15) is 0 Å². The molecule has 7 heteroatoms. The summed E-state index contributed by atoms with van der Waals surface area (Å²) in [5.74, 6) is 0.341. The molecule has 1 radical (unpaired) electrons. The first-order valence-electron chi connectivity index (χ1n) is 8.48. The Morgan fingerprint density at radius 1 is 1.38 bits per heavy atom. The quantitative estimate of drug-likeness (QED) is 0.679. The van der Waals surface area contributed by atoms with Gasteiger partial charge in [-0.05, 0) is 31.2 Å². The molecule has 24 heavy (non-hydrogen) atoms. The molecule has 2 unspecified atom stereocenters. The summed E-state index contributed by atoms with van der Waals surface area (Å²) in [6.45, 7) is 8.97. The van der Waals surface area contributed by atoms with Crippen molar-refractivity contribution in [1.29, 1.82) is 0 Å². The van der Waals surface area contributed by atoms with Crippen molar-refractivity contribution in [3.05, 3.63) is 39.0 Å². The molecule has 3 heterocycles. The lowest BCUT2D eigenvalue weighted by molar-refractivity contribution is -0.384. The molecular formula is C17H25N4O3. The van der Waals surface area contributed by atoms with Gasteiger partial charge in [0.2, 0.25) is 0 Å². The minimum absolute atomic E-state index is 0.0311. The number of pyridine rings is 1. The van der Waals surface area contributed by atoms with E-state index in [2.05, 4.69) is 37.4 Å². The molecule has 2 aliphatic heterocycles. The molecule has 7 nitrogen and oxygen atoms in total. The molecule has 0 aliphatic carbocycles. The number of likely N-dealkylation sites (tertiary alicyclic amines) is 1. The molecule has 0 saturated carbocycles. The molecule has 131 valence electrons. The monoisotopic (exact) mass is 333 g/mol. The van der Waals surface area contributed by atoms with Crippen molar-refractivity contribution in [3.8, 4) is 0 Å². The second-order valence-electron chi connectivity index (χ2n) is 7.76. The van der Waals surface area contributed by atoms with Crippen LogP contribution in [-0.4, -0.2) is 40.1 Å². The summed E-state index contributed by atoms with van der Waals surface area (Å²) in [4.78, 5) is 25.5. The third-order valence-corrected chi connectivity index (χ3v) is 5.07. The van der Waals surface area contributed by atoms with Crippen LogP contribution in [0.5, 0.6) is 0 Å². The molecule has 2 atom stereocenters. The van der Waals surface area contributed by atoms with E-state index in [0.29, 0.717) is 18.4 Å². The van der Waals surface area contributed by atoms with Crippen molar-refractivity contribution >= 4 is 11.5 Å². The first kappa shape index (κ1) is 17.0. The Morgan fingerprint density at radius 2 is 2.12 bits per heavy atom. The lowest BCUT2D eigenvalue weighted by atomic mass is 9.80. The fourth-order valence-electron chi connectivity index (χ4n) is 3.91. The Kier molecular flexibility index (Phi) is 4.38. The van der Waals surface area contributed by atoms with Crippen LogP contribution < -0.4 is 10.9 Å². The fourth-order valence-corrected chi connectivity index (χ4v) is 3.91. The summed E-state index contributed by atoms with van der Waals surface area (Å²) in [6, 6.07) is 2.93. The zero-order valence-electron chi connectivity index (χ0n) is 14.5. The maximum absolute atomic E-state index is 12.3. The first-order valence-corrected chi connectivity index (χ1v) is 8.48. The molecule has 1 N–H and O–H groups in total. The van der Waals surface area contributed by atoms with Crippen LogP contribution in [0.2, 0.25) is 0 Å². The molecule has 0 aromatic carbocycles. The highest BCUT2D eigenvalue weighted by molar-refractivity contribution is 5.58. The van der Waals surface area contributed by atoms with Gasteiger partial charge in [-0.3, -0.25) is 24.4 Å². The highest BCUT2D eigenvalue weighted by Crippen LogP contribution is 2.35. The molecule has 1 aromatic heterocycles. The average Bonchev–Trinajstić information content (AvgIpc) is 2.91. The van der Waals surface area contributed by atoms with E-state index in [1.165, 1.54) is 12.1 Å². The lowest BCUT2D eigenvalue weighted by Crippen LogP contribution is -2.49. The normalized spacial score (nSPS) is 24.5. The Morgan fingerprint density at radius 3 is 2.79 bits per heavy atom. The van der Waals surface area contributed by atoms with Crippen LogP contribution >= 0.6 is 0 Å². The third kappa shape index (κ3) is 3.05. The standard InChI is InChI=1S/C17H25N4O3/c1-17(2,3)14-6-4-5-9-19(14)11-12-10-18-16-13(21(23)24)7-8-15(22)20(12)16/h4,7-8,12,14,18H,5-6,9-11H2,1-3H3. The van der Waals surface area contributed by atoms with Gasteiger partial charge in [0.15, 0.2) is 5.82 Å². The number of piperidine rings is 1. The number of fused-ring (bicyclic) bond motifs is 1. The third-order valence-electron chi connectivity index (χ3n) is 5.07. The number of anilines is 1. The second-order valence-corrected chi connectivity index (χ2v) is 7.76. The smallest absolute Gasteiger partial charge is 0.309 e. The summed E-state index contributed by atoms with van der Waals surface area (Å²) in [7, 11) is 0. The zero-order chi connectivity index (χ0) is 17.5. The molecule has 0 amide bonds. The van der Waals surface area contributed by atoms with E-state index in [0.717, 1.165) is 25.9 Å². The zero-order valence-corrected chi connectivity index (χ0v) is 14.5. The average molecular weight is 333 g/mol. The van der Waals surface area contributed by atoms with Crippen LogP contribution in [-0.2, 0) is 0 Å². The van der Waals surface area contributed by atoms with Gasteiger partial charge in [0, 0.05) is 31.3 Å². The highest BCUT2D eigenvalue weighted by atomic mass is 16.6. The van der Waals surface area contributed by atoms with Gasteiger partial charge in [0.05, 0.1) is 11.0 Å². The lowest BCUT2D eigenvalue weighted by Gasteiger charge is -2.44. The van der Waals surface area contributed by atoms with E-state index >= 15 is 0 Å². The SMILES string of the molecule is CC(C)(C)C1C[CH]CCN1CC1CNc2c([N+](=O)[O-])ccc(=O)n21. The number of aromatic nitrogens is 1. The van der Waals surface area contributed by atoms with Gasteiger partial charge in [-0.1, -0.05) is 20.8 Å². The molecule has 2 aliphatic rings. The van der Waals surface area contributed by atoms with Crippen molar-refractivity contribution in [1.82, 2.24) is 9.47 Å². The Bertz CT molecular complexity index is 692. The molecule has 1 aromatic rings.